The first-order valence-electron chi connectivity index (χ1n) is 6.37. The van der Waals surface area contributed by atoms with E-state index in [0.29, 0.717) is 6.54 Å². The molecular weight excluding hydrogens is 246 g/mol. The largest absolute Gasteiger partial charge is 0.493 e. The third-order valence-electron chi connectivity index (χ3n) is 3.30. The lowest BCUT2D eigenvalue weighted by atomic mass is 10.0. The number of hydrogen-bond donors (Lipinski definition) is 1. The number of hydrogen-bond acceptors (Lipinski definition) is 4. The summed E-state index contributed by atoms with van der Waals surface area (Å²) >= 11 is 1.84. The van der Waals surface area contributed by atoms with Gasteiger partial charge in [-0.05, 0) is 24.8 Å². The topological polar surface area (TPSA) is 48.4 Å². The van der Waals surface area contributed by atoms with Gasteiger partial charge in [0.05, 0.1) is 17.8 Å². The molecule has 96 valence electrons. The molecule has 1 aromatic carbocycles. The molecule has 0 spiro atoms. The maximum absolute atomic E-state index is 5.84. The van der Waals surface area contributed by atoms with Gasteiger partial charge < -0.3 is 14.9 Å². The number of thioether (sulfide) groups is 1. The number of ether oxygens (including phenoxy) is 1. The van der Waals surface area contributed by atoms with Gasteiger partial charge in [-0.1, -0.05) is 6.92 Å². The minimum absolute atomic E-state index is 0.635. The Morgan fingerprint density at radius 2 is 2.33 bits per heavy atom. The molecule has 0 atom stereocenters. The van der Waals surface area contributed by atoms with Gasteiger partial charge in [-0.15, -0.1) is 11.8 Å². The van der Waals surface area contributed by atoms with E-state index in [-0.39, 0.29) is 0 Å². The first-order valence-corrected chi connectivity index (χ1v) is 7.36. The average molecular weight is 263 g/mol. The van der Waals surface area contributed by atoms with Crippen molar-refractivity contribution < 1.29 is 9.15 Å². The zero-order chi connectivity index (χ0) is 12.5. The highest BCUT2D eigenvalue weighted by molar-refractivity contribution is 7.99. The molecule has 0 amide bonds. The predicted molar refractivity (Wildman–Crippen MR) is 74.6 cm³/mol. The molecule has 1 aromatic heterocycles. The lowest BCUT2D eigenvalue weighted by Crippen LogP contribution is -2.05. The predicted octanol–water partition coefficient (Wildman–Crippen LogP) is 2.98. The molecule has 0 saturated heterocycles. The summed E-state index contributed by atoms with van der Waals surface area (Å²) in [6, 6.07) is 2.03. The fourth-order valence-electron chi connectivity index (χ4n) is 2.61. The first kappa shape index (κ1) is 11.9. The van der Waals surface area contributed by atoms with Crippen LogP contribution in [0.25, 0.3) is 11.0 Å². The second kappa shape index (κ2) is 4.86. The highest BCUT2D eigenvalue weighted by Gasteiger charge is 2.25. The Labute approximate surface area is 111 Å². The van der Waals surface area contributed by atoms with Crippen molar-refractivity contribution in [2.24, 2.45) is 5.73 Å². The van der Waals surface area contributed by atoms with E-state index in [1.807, 2.05) is 17.8 Å². The summed E-state index contributed by atoms with van der Waals surface area (Å²) in [5, 5.41) is 1.16. The summed E-state index contributed by atoms with van der Waals surface area (Å²) in [4.78, 5) is 1.26. The van der Waals surface area contributed by atoms with Gasteiger partial charge in [-0.3, -0.25) is 0 Å². The summed E-state index contributed by atoms with van der Waals surface area (Å²) < 4.78 is 11.5. The normalized spacial score (nSPS) is 13.9. The Balaban J connectivity index is 2.29. The highest BCUT2D eigenvalue weighted by atomic mass is 32.2. The smallest absolute Gasteiger partial charge is 0.148 e. The van der Waals surface area contributed by atoms with Crippen molar-refractivity contribution in [3.8, 4) is 5.75 Å². The lowest BCUT2D eigenvalue weighted by molar-refractivity contribution is 0.354. The summed E-state index contributed by atoms with van der Waals surface area (Å²) in [6.45, 7) is 3.57. The third kappa shape index (κ3) is 1.71. The molecule has 0 bridgehead atoms. The van der Waals surface area contributed by atoms with E-state index in [2.05, 4.69) is 6.92 Å². The summed E-state index contributed by atoms with van der Waals surface area (Å²) in [6.07, 6.45) is 3.58. The van der Waals surface area contributed by atoms with E-state index in [1.54, 1.807) is 6.26 Å². The van der Waals surface area contributed by atoms with Gasteiger partial charge in [-0.2, -0.15) is 0 Å². The van der Waals surface area contributed by atoms with E-state index in [4.69, 9.17) is 14.9 Å². The molecule has 4 heteroatoms. The third-order valence-corrected chi connectivity index (χ3v) is 4.31. The van der Waals surface area contributed by atoms with Crippen LogP contribution in [0.4, 0.5) is 0 Å². The minimum atomic E-state index is 0.635. The van der Waals surface area contributed by atoms with E-state index in [9.17, 15) is 0 Å². The summed E-state index contributed by atoms with van der Waals surface area (Å²) in [5.74, 6) is 2.10. The van der Waals surface area contributed by atoms with Crippen molar-refractivity contribution in [1.29, 1.82) is 0 Å². The molecule has 2 heterocycles. The highest BCUT2D eigenvalue weighted by Crippen LogP contribution is 2.44. The Bertz CT molecular complexity index is 529. The van der Waals surface area contributed by atoms with Crippen LogP contribution in [0.1, 0.15) is 18.1 Å². The van der Waals surface area contributed by atoms with E-state index >= 15 is 0 Å². The van der Waals surface area contributed by atoms with Crippen LogP contribution >= 0.6 is 11.8 Å². The SMILES string of the molecule is CCSc1c2c(c(CCN)c3ccoc13)OCC2. The standard InChI is InChI=1S/C14H17NO2S/c1-2-18-14-11-5-8-16-12(11)9(3-6-15)10-4-7-17-13(10)14/h4,7H,2-3,5-6,8,15H2,1H3. The van der Waals surface area contributed by atoms with Crippen LogP contribution in [0.2, 0.25) is 0 Å². The van der Waals surface area contributed by atoms with Gasteiger partial charge in [0, 0.05) is 22.9 Å². The van der Waals surface area contributed by atoms with Crippen LogP contribution in [0, 0.1) is 0 Å². The second-order valence-electron chi connectivity index (χ2n) is 4.35. The molecule has 0 radical (unpaired) electrons. The molecule has 18 heavy (non-hydrogen) atoms. The van der Waals surface area contributed by atoms with E-state index in [0.717, 1.165) is 41.9 Å². The number of nitrogens with two attached hydrogens (primary N) is 1. The zero-order valence-electron chi connectivity index (χ0n) is 10.5. The van der Waals surface area contributed by atoms with Crippen LogP contribution in [-0.4, -0.2) is 18.9 Å². The molecule has 1 aliphatic rings. The lowest BCUT2D eigenvalue weighted by Gasteiger charge is -2.12. The Kier molecular flexibility index (Phi) is 3.22. The van der Waals surface area contributed by atoms with Gasteiger partial charge in [0.15, 0.2) is 0 Å². The fraction of sp³-hybridized carbons (Fsp3) is 0.429. The number of furan rings is 1. The maximum atomic E-state index is 5.84. The molecule has 0 aliphatic carbocycles. The zero-order valence-corrected chi connectivity index (χ0v) is 11.3. The van der Waals surface area contributed by atoms with Crippen LogP contribution in [-0.2, 0) is 12.8 Å². The van der Waals surface area contributed by atoms with Crippen LogP contribution in [0.5, 0.6) is 5.75 Å². The molecule has 0 fully saturated rings. The Hall–Kier alpha value is -1.13. The average Bonchev–Trinajstić information content (AvgIpc) is 3.01. The van der Waals surface area contributed by atoms with Crippen LogP contribution in [0.3, 0.4) is 0 Å². The van der Waals surface area contributed by atoms with E-state index < -0.39 is 0 Å². The number of rotatable bonds is 4. The molecule has 2 N–H and O–H groups in total. The molecule has 3 rings (SSSR count). The summed E-state index contributed by atoms with van der Waals surface area (Å²) in [7, 11) is 0. The van der Waals surface area contributed by atoms with Crippen molar-refractivity contribution in [2.45, 2.75) is 24.7 Å². The monoisotopic (exact) mass is 263 g/mol. The molecule has 0 saturated carbocycles. The van der Waals surface area contributed by atoms with Crippen molar-refractivity contribution in [2.75, 3.05) is 18.9 Å². The van der Waals surface area contributed by atoms with Gasteiger partial charge in [0.2, 0.25) is 0 Å². The number of benzene rings is 1. The van der Waals surface area contributed by atoms with Gasteiger partial charge in [-0.25, -0.2) is 0 Å². The van der Waals surface area contributed by atoms with Crippen LogP contribution < -0.4 is 10.5 Å². The Morgan fingerprint density at radius 1 is 1.44 bits per heavy atom. The van der Waals surface area contributed by atoms with Crippen molar-refractivity contribution in [3.63, 3.8) is 0 Å². The maximum Gasteiger partial charge on any atom is 0.148 e. The Morgan fingerprint density at radius 3 is 3.11 bits per heavy atom. The fourth-order valence-corrected chi connectivity index (χ4v) is 3.56. The van der Waals surface area contributed by atoms with Crippen LogP contribution in [0.15, 0.2) is 21.6 Å². The van der Waals surface area contributed by atoms with E-state index in [1.165, 1.54) is 16.0 Å². The molecule has 0 unspecified atom stereocenters. The quantitative estimate of drug-likeness (QED) is 0.862. The van der Waals surface area contributed by atoms with Gasteiger partial charge >= 0.3 is 0 Å². The van der Waals surface area contributed by atoms with Crippen molar-refractivity contribution in [3.05, 3.63) is 23.5 Å². The first-order chi connectivity index (χ1) is 8.86. The second-order valence-corrected chi connectivity index (χ2v) is 5.62. The van der Waals surface area contributed by atoms with Crippen molar-refractivity contribution in [1.82, 2.24) is 0 Å². The summed E-state index contributed by atoms with van der Waals surface area (Å²) in [5.41, 5.74) is 9.26. The van der Waals surface area contributed by atoms with Gasteiger partial charge in [0.1, 0.15) is 11.3 Å². The minimum Gasteiger partial charge on any atom is -0.493 e. The molecular formula is C14H17NO2S. The number of fused-ring (bicyclic) bond motifs is 2. The molecule has 2 aromatic rings. The van der Waals surface area contributed by atoms with Crippen molar-refractivity contribution >= 4 is 22.7 Å². The molecule has 3 nitrogen and oxygen atoms in total. The van der Waals surface area contributed by atoms with Gasteiger partial charge in [0.25, 0.3) is 0 Å². The molecule has 1 aliphatic heterocycles.